The number of hydrogen-bond donors (Lipinski definition) is 1. The van der Waals surface area contributed by atoms with E-state index in [4.69, 9.17) is 9.47 Å². The van der Waals surface area contributed by atoms with E-state index in [0.29, 0.717) is 30.3 Å². The number of amides is 1. The fourth-order valence-electron chi connectivity index (χ4n) is 2.87. The van der Waals surface area contributed by atoms with E-state index in [0.717, 1.165) is 11.1 Å². The van der Waals surface area contributed by atoms with Crippen molar-refractivity contribution >= 4 is 17.3 Å². The maximum Gasteiger partial charge on any atom is 0.293 e. The number of aryl methyl sites for hydroxylation is 1. The lowest BCUT2D eigenvalue weighted by Gasteiger charge is -2.14. The molecular weight excluding hydrogens is 384 g/mol. The second-order valence-corrected chi connectivity index (χ2v) is 6.60. The molecule has 0 spiro atoms. The Kier molecular flexibility index (Phi) is 6.64. The Morgan fingerprint density at radius 2 is 1.77 bits per heavy atom. The Morgan fingerprint density at radius 3 is 2.47 bits per heavy atom. The molecule has 0 bridgehead atoms. The first kappa shape index (κ1) is 20.9. The van der Waals surface area contributed by atoms with Gasteiger partial charge in [-0.15, -0.1) is 0 Å². The fraction of sp³-hybridized carbons (Fsp3) is 0.174. The summed E-state index contributed by atoms with van der Waals surface area (Å²) in [6.45, 7) is 4.35. The van der Waals surface area contributed by atoms with E-state index >= 15 is 0 Å². The van der Waals surface area contributed by atoms with Crippen molar-refractivity contribution in [3.8, 4) is 11.5 Å². The summed E-state index contributed by atoms with van der Waals surface area (Å²) in [5, 5.41) is 13.9. The molecule has 0 aliphatic heterocycles. The van der Waals surface area contributed by atoms with E-state index in [-0.39, 0.29) is 11.4 Å². The molecule has 0 saturated carbocycles. The van der Waals surface area contributed by atoms with Crippen LogP contribution in [0, 0.1) is 17.0 Å². The number of ether oxygens (including phenoxy) is 2. The first-order valence-electron chi connectivity index (χ1n) is 9.48. The summed E-state index contributed by atoms with van der Waals surface area (Å²) in [5.41, 5.74) is 2.03. The molecule has 0 unspecified atom stereocenters. The molecular formula is C23H22N2O5. The van der Waals surface area contributed by atoms with Gasteiger partial charge in [-0.1, -0.05) is 36.4 Å². The number of nitro groups is 1. The normalized spacial score (nSPS) is 10.3. The summed E-state index contributed by atoms with van der Waals surface area (Å²) >= 11 is 0. The van der Waals surface area contributed by atoms with Gasteiger partial charge in [0, 0.05) is 11.6 Å². The molecule has 3 aromatic rings. The van der Waals surface area contributed by atoms with Gasteiger partial charge in [0.05, 0.1) is 11.5 Å². The predicted octanol–water partition coefficient (Wildman–Crippen LogP) is 5.13. The number of nitro benzene ring substituents is 1. The van der Waals surface area contributed by atoms with Crippen molar-refractivity contribution in [3.05, 3.63) is 93.5 Å². The Bertz CT molecular complexity index is 1050. The average Bonchev–Trinajstić information content (AvgIpc) is 2.74. The van der Waals surface area contributed by atoms with Crippen LogP contribution in [0.5, 0.6) is 11.5 Å². The zero-order valence-corrected chi connectivity index (χ0v) is 16.8. The van der Waals surface area contributed by atoms with Crippen molar-refractivity contribution < 1.29 is 19.2 Å². The molecule has 3 aromatic carbocycles. The molecule has 1 N–H and O–H groups in total. The van der Waals surface area contributed by atoms with Crippen LogP contribution >= 0.6 is 0 Å². The van der Waals surface area contributed by atoms with Crippen LogP contribution in [0.1, 0.15) is 28.4 Å². The van der Waals surface area contributed by atoms with Crippen LogP contribution in [0.25, 0.3) is 0 Å². The van der Waals surface area contributed by atoms with Crippen LogP contribution in [0.15, 0.2) is 66.7 Å². The summed E-state index contributed by atoms with van der Waals surface area (Å²) < 4.78 is 11.5. The van der Waals surface area contributed by atoms with Gasteiger partial charge in [0.25, 0.3) is 11.6 Å². The SMILES string of the molecule is CCOc1cc(C(=O)Nc2ccc(C)cc2[N+](=O)[O-])ccc1OCc1ccccc1. The number of anilines is 1. The first-order valence-corrected chi connectivity index (χ1v) is 9.48. The standard InChI is InChI=1S/C23H22N2O5/c1-3-29-22-14-18(10-12-21(22)30-15-17-7-5-4-6-8-17)23(26)24-19-11-9-16(2)13-20(19)25(27)28/h4-14H,3,15H2,1-2H3,(H,24,26). The van der Waals surface area contributed by atoms with Gasteiger partial charge in [0.1, 0.15) is 12.3 Å². The molecule has 0 aliphatic carbocycles. The van der Waals surface area contributed by atoms with Crippen molar-refractivity contribution in [2.24, 2.45) is 0 Å². The molecule has 3 rings (SSSR count). The van der Waals surface area contributed by atoms with Crippen molar-refractivity contribution in [3.63, 3.8) is 0 Å². The molecule has 7 heteroatoms. The second kappa shape index (κ2) is 9.56. The molecule has 0 atom stereocenters. The van der Waals surface area contributed by atoms with E-state index in [1.165, 1.54) is 12.1 Å². The minimum Gasteiger partial charge on any atom is -0.490 e. The smallest absolute Gasteiger partial charge is 0.293 e. The van der Waals surface area contributed by atoms with Crippen molar-refractivity contribution in [2.75, 3.05) is 11.9 Å². The highest BCUT2D eigenvalue weighted by atomic mass is 16.6. The fourth-order valence-corrected chi connectivity index (χ4v) is 2.87. The van der Waals surface area contributed by atoms with Crippen molar-refractivity contribution in [1.29, 1.82) is 0 Å². The quantitative estimate of drug-likeness (QED) is 0.413. The van der Waals surface area contributed by atoms with E-state index in [1.54, 1.807) is 31.2 Å². The number of rotatable bonds is 8. The number of nitrogens with zero attached hydrogens (tertiary/aromatic N) is 1. The summed E-state index contributed by atoms with van der Waals surface area (Å²) in [4.78, 5) is 23.5. The monoisotopic (exact) mass is 406 g/mol. The molecule has 0 heterocycles. The number of benzene rings is 3. The van der Waals surface area contributed by atoms with Gasteiger partial charge in [0.2, 0.25) is 0 Å². The summed E-state index contributed by atoms with van der Waals surface area (Å²) in [5.74, 6) is 0.468. The zero-order chi connectivity index (χ0) is 21.5. The number of nitrogens with one attached hydrogen (secondary N) is 1. The Balaban J connectivity index is 1.80. The van der Waals surface area contributed by atoms with Crippen LogP contribution < -0.4 is 14.8 Å². The van der Waals surface area contributed by atoms with E-state index in [1.807, 2.05) is 37.3 Å². The summed E-state index contributed by atoms with van der Waals surface area (Å²) in [6, 6.07) is 19.2. The minimum atomic E-state index is -0.519. The summed E-state index contributed by atoms with van der Waals surface area (Å²) in [6.07, 6.45) is 0. The van der Waals surface area contributed by atoms with Gasteiger partial charge in [-0.2, -0.15) is 0 Å². The lowest BCUT2D eigenvalue weighted by Crippen LogP contribution is -2.13. The number of carbonyl (C=O) groups is 1. The highest BCUT2D eigenvalue weighted by Gasteiger charge is 2.18. The van der Waals surface area contributed by atoms with Crippen LogP contribution in [0.3, 0.4) is 0 Å². The maximum absolute atomic E-state index is 12.7. The van der Waals surface area contributed by atoms with Gasteiger partial charge in [-0.3, -0.25) is 14.9 Å². The third-order valence-electron chi connectivity index (χ3n) is 4.34. The van der Waals surface area contributed by atoms with Crippen LogP contribution in [-0.4, -0.2) is 17.4 Å². The summed E-state index contributed by atoms with van der Waals surface area (Å²) in [7, 11) is 0. The highest BCUT2D eigenvalue weighted by Crippen LogP contribution is 2.31. The molecule has 1 amide bonds. The van der Waals surface area contributed by atoms with Crippen LogP contribution in [-0.2, 0) is 6.61 Å². The zero-order valence-electron chi connectivity index (χ0n) is 16.8. The molecule has 7 nitrogen and oxygen atoms in total. The van der Waals surface area contributed by atoms with Crippen molar-refractivity contribution in [1.82, 2.24) is 0 Å². The Labute approximate surface area is 174 Å². The van der Waals surface area contributed by atoms with Crippen LogP contribution in [0.2, 0.25) is 0 Å². The molecule has 0 fully saturated rings. The topological polar surface area (TPSA) is 90.7 Å². The Morgan fingerprint density at radius 1 is 1.00 bits per heavy atom. The molecule has 30 heavy (non-hydrogen) atoms. The van der Waals surface area contributed by atoms with Crippen LogP contribution in [0.4, 0.5) is 11.4 Å². The maximum atomic E-state index is 12.7. The third-order valence-corrected chi connectivity index (χ3v) is 4.34. The third kappa shape index (κ3) is 5.14. The highest BCUT2D eigenvalue weighted by molar-refractivity contribution is 6.05. The first-order chi connectivity index (χ1) is 14.5. The molecule has 0 aromatic heterocycles. The molecule has 0 aliphatic rings. The largest absolute Gasteiger partial charge is 0.490 e. The van der Waals surface area contributed by atoms with Gasteiger partial charge >= 0.3 is 0 Å². The minimum absolute atomic E-state index is 0.137. The van der Waals surface area contributed by atoms with Crippen molar-refractivity contribution in [2.45, 2.75) is 20.5 Å². The van der Waals surface area contributed by atoms with Gasteiger partial charge in [-0.25, -0.2) is 0 Å². The van der Waals surface area contributed by atoms with Gasteiger partial charge in [0.15, 0.2) is 11.5 Å². The molecule has 0 radical (unpaired) electrons. The van der Waals surface area contributed by atoms with Gasteiger partial charge < -0.3 is 14.8 Å². The molecule has 0 saturated heterocycles. The molecule has 154 valence electrons. The lowest BCUT2D eigenvalue weighted by molar-refractivity contribution is -0.384. The number of carbonyl (C=O) groups excluding carboxylic acids is 1. The van der Waals surface area contributed by atoms with Gasteiger partial charge in [-0.05, 0) is 49.2 Å². The van der Waals surface area contributed by atoms with E-state index in [9.17, 15) is 14.9 Å². The number of hydrogen-bond acceptors (Lipinski definition) is 5. The second-order valence-electron chi connectivity index (χ2n) is 6.60. The van der Waals surface area contributed by atoms with E-state index in [2.05, 4.69) is 5.32 Å². The van der Waals surface area contributed by atoms with E-state index < -0.39 is 10.8 Å². The predicted molar refractivity (Wildman–Crippen MR) is 114 cm³/mol. The average molecular weight is 406 g/mol. The Hall–Kier alpha value is -3.87. The lowest BCUT2D eigenvalue weighted by atomic mass is 10.1.